The first-order chi connectivity index (χ1) is 8.04. The lowest BCUT2D eigenvalue weighted by atomic mass is 10.1. The van der Waals surface area contributed by atoms with E-state index in [-0.39, 0.29) is 6.54 Å². The van der Waals surface area contributed by atoms with Crippen LogP contribution in [0.1, 0.15) is 20.7 Å². The molecule has 1 aromatic rings. The minimum Gasteiger partial charge on any atom is -0.468 e. The van der Waals surface area contributed by atoms with Gasteiger partial charge in [-0.15, -0.1) is 0 Å². The number of amides is 2. The van der Waals surface area contributed by atoms with Crippen LogP contribution in [0.2, 0.25) is 0 Å². The first-order valence-electron chi connectivity index (χ1n) is 4.79. The molecular formula is C11H12N2O4. The van der Waals surface area contributed by atoms with Crippen molar-refractivity contribution in [3.8, 4) is 0 Å². The number of carbonyl (C=O) groups is 3. The Morgan fingerprint density at radius 1 is 1.18 bits per heavy atom. The number of ether oxygens (including phenoxy) is 1. The van der Waals surface area contributed by atoms with Gasteiger partial charge in [0.1, 0.15) is 6.54 Å². The summed E-state index contributed by atoms with van der Waals surface area (Å²) in [4.78, 5) is 33.1. The van der Waals surface area contributed by atoms with Crippen molar-refractivity contribution in [3.05, 3.63) is 35.4 Å². The van der Waals surface area contributed by atoms with E-state index in [1.54, 1.807) is 0 Å². The van der Waals surface area contributed by atoms with E-state index in [9.17, 15) is 14.4 Å². The monoisotopic (exact) mass is 236 g/mol. The smallest absolute Gasteiger partial charge is 0.325 e. The van der Waals surface area contributed by atoms with Gasteiger partial charge in [0.2, 0.25) is 5.91 Å². The molecule has 2 amide bonds. The van der Waals surface area contributed by atoms with E-state index >= 15 is 0 Å². The highest BCUT2D eigenvalue weighted by Gasteiger charge is 2.08. The van der Waals surface area contributed by atoms with Crippen molar-refractivity contribution in [2.75, 3.05) is 13.7 Å². The first kappa shape index (κ1) is 12.7. The predicted molar refractivity (Wildman–Crippen MR) is 59.3 cm³/mol. The van der Waals surface area contributed by atoms with Crippen LogP contribution in [0.5, 0.6) is 0 Å². The van der Waals surface area contributed by atoms with Gasteiger partial charge >= 0.3 is 5.97 Å². The topological polar surface area (TPSA) is 98.5 Å². The Morgan fingerprint density at radius 3 is 2.18 bits per heavy atom. The van der Waals surface area contributed by atoms with Crippen LogP contribution in [0.4, 0.5) is 0 Å². The lowest BCUT2D eigenvalue weighted by Crippen LogP contribution is -2.30. The van der Waals surface area contributed by atoms with Crippen LogP contribution < -0.4 is 11.1 Å². The second kappa shape index (κ2) is 5.64. The molecule has 0 aromatic heterocycles. The fraction of sp³-hybridized carbons (Fsp3) is 0.182. The summed E-state index contributed by atoms with van der Waals surface area (Å²) in [6, 6.07) is 5.78. The molecule has 90 valence electrons. The molecule has 0 spiro atoms. The van der Waals surface area contributed by atoms with Gasteiger partial charge in [0.25, 0.3) is 5.91 Å². The van der Waals surface area contributed by atoms with Gasteiger partial charge in [-0.05, 0) is 24.3 Å². The second-order valence-electron chi connectivity index (χ2n) is 3.20. The average molecular weight is 236 g/mol. The SMILES string of the molecule is COC(=O)CNC(=O)c1ccc(C(N)=O)cc1. The minimum absolute atomic E-state index is 0.201. The zero-order chi connectivity index (χ0) is 12.8. The summed E-state index contributed by atoms with van der Waals surface area (Å²) in [7, 11) is 1.23. The van der Waals surface area contributed by atoms with Gasteiger partial charge in [0.05, 0.1) is 7.11 Å². The molecule has 1 aromatic carbocycles. The molecular weight excluding hydrogens is 224 g/mol. The molecule has 0 saturated heterocycles. The Hall–Kier alpha value is -2.37. The minimum atomic E-state index is -0.563. The maximum absolute atomic E-state index is 11.5. The third kappa shape index (κ3) is 3.60. The molecule has 0 atom stereocenters. The van der Waals surface area contributed by atoms with E-state index in [0.717, 1.165) is 0 Å². The van der Waals surface area contributed by atoms with Crippen LogP contribution in [0.15, 0.2) is 24.3 Å². The number of esters is 1. The van der Waals surface area contributed by atoms with Gasteiger partial charge in [-0.25, -0.2) is 0 Å². The molecule has 6 nitrogen and oxygen atoms in total. The molecule has 1 rings (SSSR count). The summed E-state index contributed by atoms with van der Waals surface area (Å²) in [5, 5.41) is 2.37. The van der Waals surface area contributed by atoms with E-state index in [1.807, 2.05) is 0 Å². The van der Waals surface area contributed by atoms with E-state index in [1.165, 1.54) is 31.4 Å². The third-order valence-electron chi connectivity index (χ3n) is 2.05. The number of methoxy groups -OCH3 is 1. The quantitative estimate of drug-likeness (QED) is 0.700. The molecule has 0 unspecified atom stereocenters. The van der Waals surface area contributed by atoms with Crippen molar-refractivity contribution in [1.82, 2.24) is 5.32 Å². The Kier molecular flexibility index (Phi) is 4.21. The van der Waals surface area contributed by atoms with Crippen LogP contribution in [0, 0.1) is 0 Å². The number of nitrogens with two attached hydrogens (primary N) is 1. The van der Waals surface area contributed by atoms with Crippen molar-refractivity contribution in [2.45, 2.75) is 0 Å². The molecule has 0 radical (unpaired) electrons. The summed E-state index contributed by atoms with van der Waals surface area (Å²) in [6.07, 6.45) is 0. The number of hydrogen-bond donors (Lipinski definition) is 2. The summed E-state index contributed by atoms with van der Waals surface area (Å²) < 4.78 is 4.37. The Balaban J connectivity index is 2.64. The Labute approximate surface area is 97.7 Å². The van der Waals surface area contributed by atoms with Crippen LogP contribution in [0.3, 0.4) is 0 Å². The number of benzene rings is 1. The van der Waals surface area contributed by atoms with Gasteiger partial charge in [0.15, 0.2) is 0 Å². The summed E-state index contributed by atoms with van der Waals surface area (Å²) in [5.41, 5.74) is 5.70. The Morgan fingerprint density at radius 2 is 1.71 bits per heavy atom. The lowest BCUT2D eigenvalue weighted by Gasteiger charge is -2.04. The molecule has 3 N–H and O–H groups in total. The summed E-state index contributed by atoms with van der Waals surface area (Å²) >= 11 is 0. The molecule has 0 aliphatic carbocycles. The molecule has 0 fully saturated rings. The van der Waals surface area contributed by atoms with Crippen molar-refractivity contribution in [1.29, 1.82) is 0 Å². The fourth-order valence-electron chi connectivity index (χ4n) is 1.11. The summed E-state index contributed by atoms with van der Waals surface area (Å²) in [5.74, 6) is -1.52. The third-order valence-corrected chi connectivity index (χ3v) is 2.05. The number of hydrogen-bond acceptors (Lipinski definition) is 4. The lowest BCUT2D eigenvalue weighted by molar-refractivity contribution is -0.139. The van der Waals surface area contributed by atoms with E-state index in [0.29, 0.717) is 11.1 Å². The molecule has 0 heterocycles. The average Bonchev–Trinajstić information content (AvgIpc) is 2.35. The molecule has 0 aliphatic heterocycles. The molecule has 0 bridgehead atoms. The van der Waals surface area contributed by atoms with E-state index < -0.39 is 17.8 Å². The fourth-order valence-corrected chi connectivity index (χ4v) is 1.11. The van der Waals surface area contributed by atoms with Crippen molar-refractivity contribution < 1.29 is 19.1 Å². The highest BCUT2D eigenvalue weighted by atomic mass is 16.5. The van der Waals surface area contributed by atoms with E-state index in [2.05, 4.69) is 10.1 Å². The van der Waals surface area contributed by atoms with Gasteiger partial charge < -0.3 is 15.8 Å². The van der Waals surface area contributed by atoms with Gasteiger partial charge in [0, 0.05) is 11.1 Å². The zero-order valence-electron chi connectivity index (χ0n) is 9.23. The number of carbonyl (C=O) groups excluding carboxylic acids is 3. The second-order valence-corrected chi connectivity index (χ2v) is 3.20. The molecule has 0 saturated carbocycles. The van der Waals surface area contributed by atoms with Crippen molar-refractivity contribution in [2.24, 2.45) is 5.73 Å². The van der Waals surface area contributed by atoms with Crippen LogP contribution in [-0.2, 0) is 9.53 Å². The number of nitrogens with one attached hydrogen (secondary N) is 1. The molecule has 17 heavy (non-hydrogen) atoms. The molecule has 6 heteroatoms. The van der Waals surface area contributed by atoms with Gasteiger partial charge in [-0.3, -0.25) is 14.4 Å². The number of rotatable bonds is 4. The van der Waals surface area contributed by atoms with Gasteiger partial charge in [-0.2, -0.15) is 0 Å². The maximum atomic E-state index is 11.5. The first-order valence-corrected chi connectivity index (χ1v) is 4.79. The number of primary amides is 1. The zero-order valence-corrected chi connectivity index (χ0v) is 9.23. The van der Waals surface area contributed by atoms with Crippen LogP contribution in [0.25, 0.3) is 0 Å². The summed E-state index contributed by atoms with van der Waals surface area (Å²) in [6.45, 7) is -0.201. The van der Waals surface area contributed by atoms with Gasteiger partial charge in [-0.1, -0.05) is 0 Å². The highest BCUT2D eigenvalue weighted by molar-refractivity contribution is 5.98. The van der Waals surface area contributed by atoms with Crippen LogP contribution >= 0.6 is 0 Å². The van der Waals surface area contributed by atoms with E-state index in [4.69, 9.17) is 5.73 Å². The van der Waals surface area contributed by atoms with Crippen LogP contribution in [-0.4, -0.2) is 31.4 Å². The highest BCUT2D eigenvalue weighted by Crippen LogP contribution is 2.03. The maximum Gasteiger partial charge on any atom is 0.325 e. The largest absolute Gasteiger partial charge is 0.468 e. The van der Waals surface area contributed by atoms with Crippen molar-refractivity contribution in [3.63, 3.8) is 0 Å². The normalized spacial score (nSPS) is 9.47. The Bertz CT molecular complexity index is 439. The standard InChI is InChI=1S/C11H12N2O4/c1-17-9(14)6-13-11(16)8-4-2-7(3-5-8)10(12)15/h2-5H,6H2,1H3,(H2,12,15)(H,13,16). The molecule has 0 aliphatic rings. The predicted octanol–water partition coefficient (Wildman–Crippen LogP) is -0.312. The van der Waals surface area contributed by atoms with Crippen molar-refractivity contribution >= 4 is 17.8 Å².